The van der Waals surface area contributed by atoms with Crippen molar-refractivity contribution in [2.75, 3.05) is 18.4 Å². The predicted molar refractivity (Wildman–Crippen MR) is 122 cm³/mol. The molecule has 0 unspecified atom stereocenters. The number of primary amides is 1. The Bertz CT molecular complexity index is 1130. The maximum Gasteiger partial charge on any atom is 0.265 e. The number of anilines is 1. The van der Waals surface area contributed by atoms with Crippen LogP contribution >= 0.6 is 11.3 Å². The van der Waals surface area contributed by atoms with Gasteiger partial charge in [-0.3, -0.25) is 14.4 Å². The van der Waals surface area contributed by atoms with E-state index < -0.39 is 5.91 Å². The van der Waals surface area contributed by atoms with Crippen molar-refractivity contribution in [3.05, 3.63) is 70.5 Å². The number of aromatic nitrogens is 1. The molecule has 0 saturated carbocycles. The number of nitrogens with zero attached hydrogens (tertiary/aromatic N) is 2. The number of thiazole rings is 1. The van der Waals surface area contributed by atoms with Crippen LogP contribution in [0.2, 0.25) is 0 Å². The molecule has 0 fully saturated rings. The largest absolute Gasteiger partial charge is 0.366 e. The van der Waals surface area contributed by atoms with Crippen molar-refractivity contribution in [1.82, 2.24) is 9.88 Å². The minimum absolute atomic E-state index is 0.111. The fourth-order valence-corrected chi connectivity index (χ4v) is 4.08. The lowest BCUT2D eigenvalue weighted by Crippen LogP contribution is -2.33. The van der Waals surface area contributed by atoms with Crippen LogP contribution in [0.3, 0.4) is 0 Å². The number of halogens is 1. The van der Waals surface area contributed by atoms with Crippen molar-refractivity contribution in [2.45, 2.75) is 20.3 Å². The number of nitrogens with one attached hydrogen (secondary N) is 1. The average molecular weight is 455 g/mol. The molecule has 0 aliphatic carbocycles. The summed E-state index contributed by atoms with van der Waals surface area (Å²) in [7, 11) is 0. The molecule has 0 aliphatic heterocycles. The van der Waals surface area contributed by atoms with Crippen molar-refractivity contribution in [3.63, 3.8) is 0 Å². The van der Waals surface area contributed by atoms with Crippen LogP contribution in [-0.2, 0) is 4.79 Å². The van der Waals surface area contributed by atoms with Gasteiger partial charge in [0.05, 0.1) is 5.69 Å². The van der Waals surface area contributed by atoms with Crippen molar-refractivity contribution in [1.29, 1.82) is 0 Å². The molecule has 3 N–H and O–H groups in total. The van der Waals surface area contributed by atoms with Gasteiger partial charge in [-0.1, -0.05) is 0 Å². The van der Waals surface area contributed by atoms with E-state index in [9.17, 15) is 18.8 Å². The zero-order chi connectivity index (χ0) is 23.3. The maximum atomic E-state index is 13.2. The highest BCUT2D eigenvalue weighted by Gasteiger charge is 2.21. The summed E-state index contributed by atoms with van der Waals surface area (Å²) in [6, 6.07) is 12.2. The van der Waals surface area contributed by atoms with Gasteiger partial charge in [-0.15, -0.1) is 11.3 Å². The minimum atomic E-state index is -0.541. The first kappa shape index (κ1) is 23.1. The summed E-state index contributed by atoms with van der Waals surface area (Å²) in [5.41, 5.74) is 7.43. The molecule has 0 aliphatic rings. The van der Waals surface area contributed by atoms with Gasteiger partial charge < -0.3 is 16.0 Å². The second-order valence-corrected chi connectivity index (χ2v) is 8.06. The summed E-state index contributed by atoms with van der Waals surface area (Å²) in [5, 5.41) is 3.38. The van der Waals surface area contributed by atoms with Crippen molar-refractivity contribution in [2.24, 2.45) is 5.73 Å². The zero-order valence-corrected chi connectivity index (χ0v) is 18.5. The number of carbonyl (C=O) groups is 3. The summed E-state index contributed by atoms with van der Waals surface area (Å²) in [4.78, 5) is 43.0. The number of rotatable bonds is 8. The van der Waals surface area contributed by atoms with Crippen LogP contribution in [0.5, 0.6) is 0 Å². The summed E-state index contributed by atoms with van der Waals surface area (Å²) in [5.74, 6) is -1.33. The lowest BCUT2D eigenvalue weighted by atomic mass is 10.2. The minimum Gasteiger partial charge on any atom is -0.366 e. The highest BCUT2D eigenvalue weighted by atomic mass is 32.1. The van der Waals surface area contributed by atoms with Gasteiger partial charge in [0.2, 0.25) is 11.8 Å². The zero-order valence-electron chi connectivity index (χ0n) is 17.7. The number of amides is 3. The SMILES string of the molecule is CCN(CCC(=O)Nc1ccc(C(N)=O)cc1)C(=O)c1sc(-c2ccc(F)cc2)nc1C. The van der Waals surface area contributed by atoms with Crippen LogP contribution < -0.4 is 11.1 Å². The van der Waals surface area contributed by atoms with Crippen LogP contribution in [-0.4, -0.2) is 40.7 Å². The normalized spacial score (nSPS) is 10.6. The van der Waals surface area contributed by atoms with Crippen molar-refractivity contribution < 1.29 is 18.8 Å². The Morgan fingerprint density at radius 3 is 2.34 bits per heavy atom. The predicted octanol–water partition coefficient (Wildman–Crippen LogP) is 3.85. The molecule has 2 aromatic carbocycles. The number of benzene rings is 2. The third-order valence-corrected chi connectivity index (χ3v) is 6.01. The van der Waals surface area contributed by atoms with Crippen LogP contribution in [0, 0.1) is 12.7 Å². The van der Waals surface area contributed by atoms with E-state index in [0.29, 0.717) is 33.4 Å². The number of carbonyl (C=O) groups excluding carboxylic acids is 3. The molecule has 0 saturated heterocycles. The van der Waals surface area contributed by atoms with Crippen molar-refractivity contribution in [3.8, 4) is 10.6 Å². The molecule has 9 heteroatoms. The van der Waals surface area contributed by atoms with Crippen molar-refractivity contribution >= 4 is 34.7 Å². The third-order valence-electron chi connectivity index (χ3n) is 4.81. The highest BCUT2D eigenvalue weighted by Crippen LogP contribution is 2.29. The maximum absolute atomic E-state index is 13.2. The number of nitrogens with two attached hydrogens (primary N) is 1. The third kappa shape index (κ3) is 5.55. The van der Waals surface area contributed by atoms with Gasteiger partial charge in [-0.2, -0.15) is 0 Å². The van der Waals surface area contributed by atoms with E-state index in [1.54, 1.807) is 36.1 Å². The number of aryl methyl sites for hydroxylation is 1. The Kier molecular flexibility index (Phi) is 7.32. The molecule has 7 nitrogen and oxygen atoms in total. The van der Waals surface area contributed by atoms with Gasteiger partial charge in [0, 0.05) is 36.3 Å². The van der Waals surface area contributed by atoms with Gasteiger partial charge in [0.1, 0.15) is 15.7 Å². The van der Waals surface area contributed by atoms with Gasteiger partial charge in [-0.25, -0.2) is 9.37 Å². The molecule has 1 heterocycles. The van der Waals surface area contributed by atoms with Gasteiger partial charge in [0.25, 0.3) is 5.91 Å². The molecule has 3 rings (SSSR count). The van der Waals surface area contributed by atoms with Gasteiger partial charge in [0.15, 0.2) is 0 Å². The fourth-order valence-electron chi connectivity index (χ4n) is 3.04. The number of hydrogen-bond acceptors (Lipinski definition) is 5. The molecular weight excluding hydrogens is 431 g/mol. The first-order chi connectivity index (χ1) is 15.3. The van der Waals surface area contributed by atoms with Gasteiger partial charge >= 0.3 is 0 Å². The van der Waals surface area contributed by atoms with Crippen LogP contribution in [0.15, 0.2) is 48.5 Å². The van der Waals surface area contributed by atoms with Crippen LogP contribution in [0.25, 0.3) is 10.6 Å². The Morgan fingerprint density at radius 1 is 1.09 bits per heavy atom. The van der Waals surface area contributed by atoms with Crippen LogP contribution in [0.1, 0.15) is 39.1 Å². The molecule has 3 aromatic rings. The quantitative estimate of drug-likeness (QED) is 0.539. The summed E-state index contributed by atoms with van der Waals surface area (Å²) in [6.45, 7) is 4.27. The Morgan fingerprint density at radius 2 is 1.75 bits per heavy atom. The van der Waals surface area contributed by atoms with E-state index in [1.807, 2.05) is 6.92 Å². The second-order valence-electron chi connectivity index (χ2n) is 7.07. The fraction of sp³-hybridized carbons (Fsp3) is 0.217. The second kappa shape index (κ2) is 10.1. The van der Waals surface area contributed by atoms with E-state index in [-0.39, 0.29) is 30.6 Å². The molecule has 0 bridgehead atoms. The first-order valence-electron chi connectivity index (χ1n) is 10.0. The Labute approximate surface area is 189 Å². The molecular formula is C23H23FN4O3S. The topological polar surface area (TPSA) is 105 Å². The lowest BCUT2D eigenvalue weighted by Gasteiger charge is -2.20. The molecule has 3 amide bonds. The van der Waals surface area contributed by atoms with Gasteiger partial charge in [-0.05, 0) is 62.4 Å². The smallest absolute Gasteiger partial charge is 0.265 e. The Balaban J connectivity index is 1.62. The molecule has 166 valence electrons. The summed E-state index contributed by atoms with van der Waals surface area (Å²) >= 11 is 1.25. The summed E-state index contributed by atoms with van der Waals surface area (Å²) in [6.07, 6.45) is 0.111. The lowest BCUT2D eigenvalue weighted by molar-refractivity contribution is -0.116. The highest BCUT2D eigenvalue weighted by molar-refractivity contribution is 7.17. The van der Waals surface area contributed by atoms with Crippen LogP contribution in [0.4, 0.5) is 10.1 Å². The van der Waals surface area contributed by atoms with E-state index in [0.717, 1.165) is 5.56 Å². The van der Waals surface area contributed by atoms with E-state index in [4.69, 9.17) is 5.73 Å². The molecule has 0 atom stereocenters. The molecule has 32 heavy (non-hydrogen) atoms. The van der Waals surface area contributed by atoms with E-state index >= 15 is 0 Å². The average Bonchev–Trinajstić information content (AvgIpc) is 3.16. The molecule has 0 spiro atoms. The molecule has 0 radical (unpaired) electrons. The van der Waals surface area contributed by atoms with E-state index in [1.165, 1.54) is 35.6 Å². The first-order valence-corrected chi connectivity index (χ1v) is 10.8. The standard InChI is InChI=1S/C23H23FN4O3S/c1-3-28(13-12-19(29)27-18-10-6-15(7-11-18)21(25)30)23(31)20-14(2)26-22(32-20)16-4-8-17(24)9-5-16/h4-11H,3,12-13H2,1-2H3,(H2,25,30)(H,27,29). The molecule has 1 aromatic heterocycles. The Hall–Kier alpha value is -3.59. The number of hydrogen-bond donors (Lipinski definition) is 2. The summed E-state index contributed by atoms with van der Waals surface area (Å²) < 4.78 is 13.2. The monoisotopic (exact) mass is 454 g/mol. The van der Waals surface area contributed by atoms with E-state index in [2.05, 4.69) is 10.3 Å².